The van der Waals surface area contributed by atoms with Crippen LogP contribution in [0.2, 0.25) is 0 Å². The molecule has 4 heteroatoms. The second-order valence-electron chi connectivity index (χ2n) is 4.70. The molecule has 108 valence electrons. The fourth-order valence-corrected chi connectivity index (χ4v) is 2.22. The molecule has 1 heterocycles. The van der Waals surface area contributed by atoms with Crippen molar-refractivity contribution in [1.29, 1.82) is 0 Å². The van der Waals surface area contributed by atoms with Crippen LogP contribution in [0.5, 0.6) is 0 Å². The first-order chi connectivity index (χ1) is 9.81. The summed E-state index contributed by atoms with van der Waals surface area (Å²) in [6, 6.07) is 10.7. The van der Waals surface area contributed by atoms with Gasteiger partial charge in [0.05, 0.1) is 12.9 Å². The van der Waals surface area contributed by atoms with Gasteiger partial charge in [-0.05, 0) is 23.8 Å². The summed E-state index contributed by atoms with van der Waals surface area (Å²) in [5, 5.41) is 3.29. The quantitative estimate of drug-likeness (QED) is 0.753. The van der Waals surface area contributed by atoms with E-state index in [0.717, 1.165) is 12.3 Å². The Bertz CT molecular complexity index is 499. The molecule has 1 atom stereocenters. The van der Waals surface area contributed by atoms with Crippen molar-refractivity contribution >= 4 is 0 Å². The fraction of sp³-hybridized carbons (Fsp3) is 0.375. The first-order valence-electron chi connectivity index (χ1n) is 6.77. The topological polar surface area (TPSA) is 34.4 Å². The smallest absolute Gasteiger partial charge is 0.126 e. The number of rotatable bonds is 8. The van der Waals surface area contributed by atoms with Crippen LogP contribution in [-0.4, -0.2) is 26.8 Å². The molecule has 3 nitrogen and oxygen atoms in total. The molecule has 1 unspecified atom stereocenters. The van der Waals surface area contributed by atoms with Crippen LogP contribution in [-0.2, 0) is 11.2 Å². The zero-order valence-electron chi connectivity index (χ0n) is 11.6. The Morgan fingerprint density at radius 3 is 2.80 bits per heavy atom. The van der Waals surface area contributed by atoms with Gasteiger partial charge >= 0.3 is 0 Å². The van der Waals surface area contributed by atoms with Crippen LogP contribution >= 0.6 is 0 Å². The molecule has 0 aliphatic rings. The first kappa shape index (κ1) is 14.8. The Kier molecular flexibility index (Phi) is 5.77. The van der Waals surface area contributed by atoms with Crippen LogP contribution in [0.1, 0.15) is 17.2 Å². The van der Waals surface area contributed by atoms with Gasteiger partial charge in [-0.1, -0.05) is 18.2 Å². The van der Waals surface area contributed by atoms with E-state index in [1.807, 2.05) is 24.3 Å². The summed E-state index contributed by atoms with van der Waals surface area (Å²) in [7, 11) is 1.67. The molecule has 1 N–H and O–H groups in total. The van der Waals surface area contributed by atoms with Gasteiger partial charge in [0, 0.05) is 32.5 Å². The molecule has 0 fully saturated rings. The zero-order chi connectivity index (χ0) is 14.2. The maximum Gasteiger partial charge on any atom is 0.126 e. The number of furan rings is 1. The summed E-state index contributed by atoms with van der Waals surface area (Å²) in [5.74, 6) is 0.739. The Morgan fingerprint density at radius 1 is 1.25 bits per heavy atom. The second-order valence-corrected chi connectivity index (χ2v) is 4.70. The lowest BCUT2D eigenvalue weighted by molar-refractivity contribution is 0.198. The SMILES string of the molecule is COCCNCC(Cc1ccco1)c1ccccc1F. The number of nitrogens with one attached hydrogen (secondary N) is 1. The van der Waals surface area contributed by atoms with Gasteiger partial charge in [-0.15, -0.1) is 0 Å². The van der Waals surface area contributed by atoms with E-state index in [-0.39, 0.29) is 11.7 Å². The predicted octanol–water partition coefficient (Wildman–Crippen LogP) is 2.98. The first-order valence-corrected chi connectivity index (χ1v) is 6.77. The summed E-state index contributed by atoms with van der Waals surface area (Å²) < 4.78 is 24.3. The van der Waals surface area contributed by atoms with Crippen LogP contribution in [0.25, 0.3) is 0 Å². The van der Waals surface area contributed by atoms with Crippen molar-refractivity contribution in [2.45, 2.75) is 12.3 Å². The number of halogens is 1. The summed E-state index contributed by atoms with van der Waals surface area (Å²) in [6.45, 7) is 2.08. The molecular weight excluding hydrogens is 257 g/mol. The average molecular weight is 277 g/mol. The minimum Gasteiger partial charge on any atom is -0.469 e. The molecule has 0 spiro atoms. The minimum atomic E-state index is -0.169. The lowest BCUT2D eigenvalue weighted by Crippen LogP contribution is -2.26. The molecule has 0 aliphatic heterocycles. The molecule has 0 bridgehead atoms. The molecule has 1 aromatic carbocycles. The highest BCUT2D eigenvalue weighted by atomic mass is 19.1. The van der Waals surface area contributed by atoms with Gasteiger partial charge in [0.2, 0.25) is 0 Å². The average Bonchev–Trinajstić information content (AvgIpc) is 2.96. The van der Waals surface area contributed by atoms with Gasteiger partial charge in [0.15, 0.2) is 0 Å². The lowest BCUT2D eigenvalue weighted by atomic mass is 9.94. The number of methoxy groups -OCH3 is 1. The van der Waals surface area contributed by atoms with E-state index in [4.69, 9.17) is 9.15 Å². The van der Waals surface area contributed by atoms with Gasteiger partial charge in [-0.2, -0.15) is 0 Å². The number of hydrogen-bond donors (Lipinski definition) is 1. The summed E-state index contributed by atoms with van der Waals surface area (Å²) in [5.41, 5.74) is 0.716. The lowest BCUT2D eigenvalue weighted by Gasteiger charge is -2.17. The third kappa shape index (κ3) is 4.18. The van der Waals surface area contributed by atoms with Crippen molar-refractivity contribution in [3.05, 3.63) is 59.8 Å². The molecule has 0 saturated heterocycles. The molecule has 0 amide bonds. The van der Waals surface area contributed by atoms with E-state index in [1.54, 1.807) is 19.4 Å². The standard InChI is InChI=1S/C16H20FNO2/c1-19-10-8-18-12-13(11-14-5-4-9-20-14)15-6-2-3-7-16(15)17/h2-7,9,13,18H,8,10-12H2,1H3. The number of ether oxygens (including phenoxy) is 1. The molecule has 1 aromatic heterocycles. The minimum absolute atomic E-state index is 0.0409. The Morgan fingerprint density at radius 2 is 2.10 bits per heavy atom. The van der Waals surface area contributed by atoms with Crippen LogP contribution in [0.4, 0.5) is 4.39 Å². The Balaban J connectivity index is 2.05. The normalized spacial score (nSPS) is 12.5. The van der Waals surface area contributed by atoms with E-state index < -0.39 is 0 Å². The fourth-order valence-electron chi connectivity index (χ4n) is 2.22. The highest BCUT2D eigenvalue weighted by molar-refractivity contribution is 5.23. The molecule has 0 aliphatic carbocycles. The molecular formula is C16H20FNO2. The van der Waals surface area contributed by atoms with Crippen molar-refractivity contribution in [1.82, 2.24) is 5.32 Å². The van der Waals surface area contributed by atoms with E-state index in [0.29, 0.717) is 25.1 Å². The Hall–Kier alpha value is -1.65. The maximum absolute atomic E-state index is 14.0. The summed E-state index contributed by atoms with van der Waals surface area (Å²) in [4.78, 5) is 0. The largest absolute Gasteiger partial charge is 0.469 e. The molecule has 0 saturated carbocycles. The van der Waals surface area contributed by atoms with Crippen LogP contribution < -0.4 is 5.32 Å². The summed E-state index contributed by atoms with van der Waals surface area (Å²) in [6.07, 6.45) is 2.32. The van der Waals surface area contributed by atoms with Crippen molar-refractivity contribution in [2.75, 3.05) is 26.8 Å². The number of hydrogen-bond acceptors (Lipinski definition) is 3. The predicted molar refractivity (Wildman–Crippen MR) is 76.3 cm³/mol. The van der Waals surface area contributed by atoms with E-state index >= 15 is 0 Å². The van der Waals surface area contributed by atoms with Gasteiger partial charge in [0.1, 0.15) is 11.6 Å². The molecule has 2 aromatic rings. The monoisotopic (exact) mass is 277 g/mol. The highest BCUT2D eigenvalue weighted by Crippen LogP contribution is 2.23. The number of benzene rings is 1. The van der Waals surface area contributed by atoms with Gasteiger partial charge in [-0.25, -0.2) is 4.39 Å². The van der Waals surface area contributed by atoms with Crippen molar-refractivity contribution < 1.29 is 13.5 Å². The molecule has 20 heavy (non-hydrogen) atoms. The van der Waals surface area contributed by atoms with Gasteiger partial charge < -0.3 is 14.5 Å². The molecule has 2 rings (SSSR count). The van der Waals surface area contributed by atoms with E-state index in [2.05, 4.69) is 5.32 Å². The van der Waals surface area contributed by atoms with Crippen molar-refractivity contribution in [3.63, 3.8) is 0 Å². The maximum atomic E-state index is 14.0. The van der Waals surface area contributed by atoms with Crippen LogP contribution in [0, 0.1) is 5.82 Å². The third-order valence-electron chi connectivity index (χ3n) is 3.25. The second kappa shape index (κ2) is 7.82. The third-order valence-corrected chi connectivity index (χ3v) is 3.25. The van der Waals surface area contributed by atoms with E-state index in [9.17, 15) is 4.39 Å². The Labute approximate surface area is 118 Å². The van der Waals surface area contributed by atoms with Gasteiger partial charge in [-0.3, -0.25) is 0 Å². The van der Waals surface area contributed by atoms with Crippen molar-refractivity contribution in [2.24, 2.45) is 0 Å². The van der Waals surface area contributed by atoms with Crippen LogP contribution in [0.3, 0.4) is 0 Å². The van der Waals surface area contributed by atoms with Gasteiger partial charge in [0.25, 0.3) is 0 Å². The molecule has 0 radical (unpaired) electrons. The summed E-state index contributed by atoms with van der Waals surface area (Å²) >= 11 is 0. The van der Waals surface area contributed by atoms with E-state index in [1.165, 1.54) is 6.07 Å². The highest BCUT2D eigenvalue weighted by Gasteiger charge is 2.17. The van der Waals surface area contributed by atoms with Crippen molar-refractivity contribution in [3.8, 4) is 0 Å². The zero-order valence-corrected chi connectivity index (χ0v) is 11.6. The van der Waals surface area contributed by atoms with Crippen LogP contribution in [0.15, 0.2) is 47.1 Å².